The number of benzene rings is 2. The van der Waals surface area contributed by atoms with Gasteiger partial charge < -0.3 is 15.5 Å². The minimum Gasteiger partial charge on any atom is -0.353 e. The van der Waals surface area contributed by atoms with Gasteiger partial charge in [-0.25, -0.2) is 0 Å². The Balaban J connectivity index is 0.00000142. The second kappa shape index (κ2) is 18.2. The van der Waals surface area contributed by atoms with Crippen molar-refractivity contribution in [1.82, 2.24) is 9.80 Å². The van der Waals surface area contributed by atoms with Crippen LogP contribution in [0.1, 0.15) is 75.6 Å². The zero-order valence-corrected chi connectivity index (χ0v) is 25.8. The van der Waals surface area contributed by atoms with Crippen molar-refractivity contribution in [2.24, 2.45) is 0 Å². The van der Waals surface area contributed by atoms with Crippen LogP contribution in [0.2, 0.25) is 0 Å². The Morgan fingerprint density at radius 1 is 0.897 bits per heavy atom. The third-order valence-corrected chi connectivity index (χ3v) is 6.26. The monoisotopic (exact) mass is 554 g/mol. The van der Waals surface area contributed by atoms with Gasteiger partial charge in [0, 0.05) is 38.1 Å². The zero-order chi connectivity index (χ0) is 29.4. The van der Waals surface area contributed by atoms with Crippen LogP contribution in [0, 0.1) is 0 Å². The molecule has 0 aromatic heterocycles. The van der Waals surface area contributed by atoms with E-state index in [0.717, 1.165) is 36.6 Å². The standard InChI is InChI=1S/C27H33ClN4O2.C3H8.C2H6/c1-5-32(18-20(3)11-10-19(2)17-28)15-14-31(4)27(34)21-12-13-24-25(16-21)30-26(33)22-8-6-7-9-23(22)29-24;1-3-2;1-2/h6-13,16,29H,5,14-15,17-18H2,1-4H3,(H,30,33);3H2,1-2H3;1-2H3/b19-10+,20-11-;;. The first-order valence-electron chi connectivity index (χ1n) is 13.9. The second-order valence-electron chi connectivity index (χ2n) is 9.35. The normalized spacial score (nSPS) is 12.4. The summed E-state index contributed by atoms with van der Waals surface area (Å²) in [4.78, 5) is 29.7. The maximum absolute atomic E-state index is 13.1. The largest absolute Gasteiger partial charge is 0.353 e. The Morgan fingerprint density at radius 2 is 1.54 bits per heavy atom. The smallest absolute Gasteiger partial charge is 0.257 e. The number of fused-ring (bicyclic) bond motifs is 2. The van der Waals surface area contributed by atoms with Gasteiger partial charge in [0.2, 0.25) is 0 Å². The van der Waals surface area contributed by atoms with Gasteiger partial charge in [0.05, 0.1) is 22.6 Å². The molecule has 1 aliphatic heterocycles. The van der Waals surface area contributed by atoms with E-state index in [0.29, 0.717) is 29.2 Å². The number of carbonyl (C=O) groups excluding carboxylic acids is 2. The summed E-state index contributed by atoms with van der Waals surface area (Å²) in [6.07, 6.45) is 5.40. The van der Waals surface area contributed by atoms with Crippen molar-refractivity contribution in [3.63, 3.8) is 0 Å². The number of likely N-dealkylation sites (N-methyl/N-ethyl adjacent to an activating group) is 2. The Bertz CT molecular complexity index is 1130. The highest BCUT2D eigenvalue weighted by Crippen LogP contribution is 2.32. The molecule has 214 valence electrons. The molecule has 0 spiro atoms. The molecule has 39 heavy (non-hydrogen) atoms. The van der Waals surface area contributed by atoms with Crippen molar-refractivity contribution in [1.29, 1.82) is 0 Å². The van der Waals surface area contributed by atoms with Crippen LogP contribution >= 0.6 is 11.6 Å². The van der Waals surface area contributed by atoms with E-state index in [1.165, 1.54) is 12.0 Å². The summed E-state index contributed by atoms with van der Waals surface area (Å²) >= 11 is 5.84. The maximum atomic E-state index is 13.1. The van der Waals surface area contributed by atoms with Crippen molar-refractivity contribution in [3.8, 4) is 0 Å². The molecule has 0 radical (unpaired) electrons. The summed E-state index contributed by atoms with van der Waals surface area (Å²) in [5.74, 6) is 0.254. The fraction of sp³-hybridized carbons (Fsp3) is 0.438. The molecule has 2 amide bonds. The van der Waals surface area contributed by atoms with Crippen molar-refractivity contribution in [2.45, 2.75) is 54.9 Å². The molecular formula is C32H47ClN4O2. The molecule has 0 saturated heterocycles. The average Bonchev–Trinajstić information content (AvgIpc) is 3.09. The number of carbonyl (C=O) groups is 2. The van der Waals surface area contributed by atoms with Gasteiger partial charge in [-0.05, 0) is 50.7 Å². The fourth-order valence-corrected chi connectivity index (χ4v) is 3.80. The molecule has 3 rings (SSSR count). The fourth-order valence-electron chi connectivity index (χ4n) is 3.71. The van der Waals surface area contributed by atoms with Gasteiger partial charge in [0.25, 0.3) is 11.8 Å². The lowest BCUT2D eigenvalue weighted by Gasteiger charge is -2.25. The number of rotatable bonds is 9. The number of amides is 2. The Kier molecular flexibility index (Phi) is 15.9. The SMILES string of the molecule is CC.CCC.CCN(CCN(C)C(=O)c1ccc2c(c1)NC(=O)c1ccccc1N2)C/C(C)=C\C=C(/C)CCl. The number of nitrogens with one attached hydrogen (secondary N) is 2. The van der Waals surface area contributed by atoms with Crippen molar-refractivity contribution in [3.05, 3.63) is 76.9 Å². The van der Waals surface area contributed by atoms with Crippen LogP contribution in [0.4, 0.5) is 17.1 Å². The van der Waals surface area contributed by atoms with Gasteiger partial charge in [-0.3, -0.25) is 14.5 Å². The van der Waals surface area contributed by atoms with Crippen LogP contribution in [0.25, 0.3) is 0 Å². The first kappa shape index (κ1) is 33.9. The molecule has 0 saturated carbocycles. The molecule has 7 heteroatoms. The molecular weight excluding hydrogens is 508 g/mol. The number of nitrogens with zero attached hydrogens (tertiary/aromatic N) is 2. The van der Waals surface area contributed by atoms with Crippen LogP contribution in [-0.2, 0) is 0 Å². The highest BCUT2D eigenvalue weighted by atomic mass is 35.5. The number of hydrogen-bond acceptors (Lipinski definition) is 4. The molecule has 0 unspecified atom stereocenters. The van der Waals surface area contributed by atoms with Crippen molar-refractivity contribution >= 4 is 40.5 Å². The van der Waals surface area contributed by atoms with E-state index < -0.39 is 0 Å². The number of halogens is 1. The third kappa shape index (κ3) is 10.9. The summed E-state index contributed by atoms with van der Waals surface area (Å²) in [5, 5.41) is 6.20. The summed E-state index contributed by atoms with van der Waals surface area (Å²) in [6.45, 7) is 17.6. The van der Waals surface area contributed by atoms with Crippen LogP contribution in [0.3, 0.4) is 0 Å². The summed E-state index contributed by atoms with van der Waals surface area (Å²) in [5.41, 5.74) is 5.58. The average molecular weight is 555 g/mol. The van der Waals surface area contributed by atoms with Gasteiger partial charge in [-0.2, -0.15) is 0 Å². The molecule has 0 atom stereocenters. The van der Waals surface area contributed by atoms with Crippen molar-refractivity contribution in [2.75, 3.05) is 49.7 Å². The Morgan fingerprint density at radius 3 is 2.18 bits per heavy atom. The number of hydrogen-bond donors (Lipinski definition) is 2. The molecule has 2 N–H and O–H groups in total. The first-order chi connectivity index (χ1) is 18.7. The van der Waals surface area contributed by atoms with Crippen LogP contribution in [0.5, 0.6) is 0 Å². The lowest BCUT2D eigenvalue weighted by atomic mass is 10.1. The molecule has 0 bridgehead atoms. The summed E-state index contributed by atoms with van der Waals surface area (Å²) < 4.78 is 0. The van der Waals surface area contributed by atoms with E-state index in [2.05, 4.69) is 55.4 Å². The van der Waals surface area contributed by atoms with Crippen LogP contribution in [0.15, 0.2) is 65.8 Å². The quantitative estimate of drug-likeness (QED) is 0.244. The number of alkyl halides is 1. The molecule has 2 aromatic carbocycles. The Labute approximate surface area is 241 Å². The number of para-hydroxylation sites is 1. The number of allylic oxidation sites excluding steroid dienone is 3. The molecule has 6 nitrogen and oxygen atoms in total. The van der Waals surface area contributed by atoms with E-state index in [9.17, 15) is 9.59 Å². The van der Waals surface area contributed by atoms with Gasteiger partial charge >= 0.3 is 0 Å². The Hall–Kier alpha value is -3.09. The van der Waals surface area contributed by atoms with E-state index in [1.54, 1.807) is 23.1 Å². The second-order valence-corrected chi connectivity index (χ2v) is 9.61. The minimum absolute atomic E-state index is 0.0807. The highest BCUT2D eigenvalue weighted by Gasteiger charge is 2.21. The van der Waals surface area contributed by atoms with Crippen molar-refractivity contribution < 1.29 is 9.59 Å². The van der Waals surface area contributed by atoms with Crippen LogP contribution < -0.4 is 10.6 Å². The van der Waals surface area contributed by atoms with Gasteiger partial charge in [-0.1, -0.05) is 76.5 Å². The van der Waals surface area contributed by atoms with E-state index in [4.69, 9.17) is 11.6 Å². The lowest BCUT2D eigenvalue weighted by Crippen LogP contribution is -2.37. The molecule has 0 aliphatic carbocycles. The summed E-state index contributed by atoms with van der Waals surface area (Å²) in [7, 11) is 1.81. The molecule has 1 heterocycles. The minimum atomic E-state index is -0.196. The maximum Gasteiger partial charge on any atom is 0.257 e. The predicted molar refractivity (Wildman–Crippen MR) is 169 cm³/mol. The predicted octanol–water partition coefficient (Wildman–Crippen LogP) is 7.96. The van der Waals surface area contributed by atoms with Gasteiger partial charge in [0.15, 0.2) is 0 Å². The first-order valence-corrected chi connectivity index (χ1v) is 14.5. The van der Waals surface area contributed by atoms with Gasteiger partial charge in [-0.15, -0.1) is 11.6 Å². The molecule has 0 fully saturated rings. The lowest BCUT2D eigenvalue weighted by molar-refractivity contribution is 0.0780. The topological polar surface area (TPSA) is 64.7 Å². The highest BCUT2D eigenvalue weighted by molar-refractivity contribution is 6.19. The molecule has 2 aromatic rings. The zero-order valence-electron chi connectivity index (χ0n) is 25.0. The summed E-state index contributed by atoms with van der Waals surface area (Å²) in [6, 6.07) is 12.7. The van der Waals surface area contributed by atoms with E-state index in [1.807, 2.05) is 52.1 Å². The molecule has 1 aliphatic rings. The third-order valence-electron chi connectivity index (χ3n) is 5.84. The van der Waals surface area contributed by atoms with E-state index in [-0.39, 0.29) is 11.8 Å². The van der Waals surface area contributed by atoms with E-state index >= 15 is 0 Å². The number of anilines is 3. The van der Waals surface area contributed by atoms with Gasteiger partial charge in [0.1, 0.15) is 0 Å². The van der Waals surface area contributed by atoms with Crippen LogP contribution in [-0.4, -0.2) is 60.7 Å².